The summed E-state index contributed by atoms with van der Waals surface area (Å²) in [6, 6.07) is 39.8. The van der Waals surface area contributed by atoms with Crippen LogP contribution >= 0.6 is 0 Å². The van der Waals surface area contributed by atoms with E-state index in [1.807, 2.05) is 78.9 Å². The molecule has 2 aliphatic heterocycles. The Labute approximate surface area is 378 Å². The Morgan fingerprint density at radius 3 is 1.78 bits per heavy atom. The topological polar surface area (TPSA) is 93.1 Å². The first-order chi connectivity index (χ1) is 32.1. The summed E-state index contributed by atoms with van der Waals surface area (Å²) in [6.07, 6.45) is -12.1. The van der Waals surface area contributed by atoms with Crippen LogP contribution < -0.4 is 0 Å². The number of fused-ring (bicyclic) bond motifs is 12. The molecule has 2 N–H and O–H groups in total. The van der Waals surface area contributed by atoms with Crippen LogP contribution in [0.5, 0.6) is 0 Å². The Bertz CT molecular complexity index is 3320. The number of ether oxygens (including phenoxy) is 2. The Morgan fingerprint density at radius 1 is 0.507 bits per heavy atom. The molecule has 7 aromatic rings. The summed E-state index contributed by atoms with van der Waals surface area (Å²) >= 11 is 0. The number of carbonyl (C=O) groups excluding carboxylic acids is 2. The largest absolute Gasteiger partial charge is 0.417 e. The van der Waals surface area contributed by atoms with Crippen LogP contribution in [0.25, 0.3) is 50.1 Å². The second-order valence-corrected chi connectivity index (χ2v) is 17.7. The maximum Gasteiger partial charge on any atom is 0.417 e. The predicted molar refractivity (Wildman–Crippen MR) is 235 cm³/mol. The van der Waals surface area contributed by atoms with Crippen LogP contribution in [0, 0.1) is 0 Å². The number of halogens is 6. The van der Waals surface area contributed by atoms with Crippen molar-refractivity contribution < 1.29 is 55.6 Å². The third-order valence-corrected chi connectivity index (χ3v) is 14.3. The molecule has 3 aliphatic carbocycles. The van der Waals surface area contributed by atoms with Gasteiger partial charge in [-0.2, -0.15) is 26.3 Å². The van der Waals surface area contributed by atoms with Gasteiger partial charge in [0.1, 0.15) is 0 Å². The first-order valence-corrected chi connectivity index (χ1v) is 21.7. The van der Waals surface area contributed by atoms with Crippen LogP contribution in [-0.4, -0.2) is 28.3 Å². The second kappa shape index (κ2) is 14.4. The van der Waals surface area contributed by atoms with Gasteiger partial charge >= 0.3 is 24.3 Å². The molecule has 0 fully saturated rings. The predicted octanol–water partition coefficient (Wildman–Crippen LogP) is 13.0. The number of carbonyl (C=O) groups is 2. The maximum atomic E-state index is 15.1. The highest BCUT2D eigenvalue weighted by Gasteiger charge is 2.52. The number of allylic oxidation sites excluding steroid dienone is 2. The lowest BCUT2D eigenvalue weighted by molar-refractivity contribution is -0.193. The molecule has 5 aliphatic rings. The average Bonchev–Trinajstić information content (AvgIpc) is 3.99. The zero-order valence-electron chi connectivity index (χ0n) is 34.9. The number of aliphatic hydroxyl groups excluding tert-OH is 2. The molecule has 12 rings (SSSR count). The van der Waals surface area contributed by atoms with Crippen LogP contribution in [0.3, 0.4) is 0 Å². The molecule has 12 heteroatoms. The van der Waals surface area contributed by atoms with E-state index in [1.165, 1.54) is 42.5 Å². The molecule has 3 unspecified atom stereocenters. The molecular weight excluding hydrogens is 871 g/mol. The van der Waals surface area contributed by atoms with Gasteiger partial charge in [-0.3, -0.25) is 0 Å². The summed E-state index contributed by atoms with van der Waals surface area (Å²) in [5.41, 5.74) is 6.93. The van der Waals surface area contributed by atoms with E-state index in [0.717, 1.165) is 56.1 Å². The van der Waals surface area contributed by atoms with Crippen LogP contribution in [0.4, 0.5) is 26.3 Å². The highest BCUT2D eigenvalue weighted by atomic mass is 19.4. The van der Waals surface area contributed by atoms with Crippen LogP contribution in [0.2, 0.25) is 0 Å². The molecule has 332 valence electrons. The first kappa shape index (κ1) is 41.3. The van der Waals surface area contributed by atoms with Gasteiger partial charge < -0.3 is 19.7 Å². The van der Waals surface area contributed by atoms with Crippen molar-refractivity contribution in [3.8, 4) is 44.5 Å². The van der Waals surface area contributed by atoms with Crippen LogP contribution in [0.15, 0.2) is 145 Å². The van der Waals surface area contributed by atoms with Gasteiger partial charge in [0.25, 0.3) is 0 Å². The lowest BCUT2D eigenvalue weighted by Crippen LogP contribution is -2.26. The van der Waals surface area contributed by atoms with E-state index in [1.54, 1.807) is 12.1 Å². The van der Waals surface area contributed by atoms with Crippen molar-refractivity contribution in [2.75, 3.05) is 0 Å². The van der Waals surface area contributed by atoms with Gasteiger partial charge in [-0.25, -0.2) is 9.59 Å². The van der Waals surface area contributed by atoms with Crippen LogP contribution in [-0.2, 0) is 21.1 Å². The third-order valence-electron chi connectivity index (χ3n) is 14.3. The zero-order chi connectivity index (χ0) is 46.3. The van der Waals surface area contributed by atoms with Crippen molar-refractivity contribution in [3.05, 3.63) is 206 Å². The van der Waals surface area contributed by atoms with E-state index in [0.29, 0.717) is 23.1 Å². The van der Waals surface area contributed by atoms with E-state index in [4.69, 9.17) is 4.74 Å². The summed E-state index contributed by atoms with van der Waals surface area (Å²) in [5, 5.41) is 20.5. The molecule has 6 nitrogen and oxygen atoms in total. The number of esters is 2. The van der Waals surface area contributed by atoms with Crippen LogP contribution in [0.1, 0.15) is 109 Å². The summed E-state index contributed by atoms with van der Waals surface area (Å²) in [6.45, 7) is 0. The normalized spacial score (nSPS) is 19.8. The zero-order valence-corrected chi connectivity index (χ0v) is 34.9. The first-order valence-electron chi connectivity index (χ1n) is 21.7. The number of aliphatic hydroxyl groups is 2. The second-order valence-electron chi connectivity index (χ2n) is 17.7. The van der Waals surface area contributed by atoms with Crippen molar-refractivity contribution in [2.45, 2.75) is 55.5 Å². The molecule has 67 heavy (non-hydrogen) atoms. The Kier molecular flexibility index (Phi) is 8.91. The molecule has 0 amide bonds. The maximum absolute atomic E-state index is 15.1. The summed E-state index contributed by atoms with van der Waals surface area (Å²) in [5.74, 6) is -2.30. The minimum atomic E-state index is -4.81. The molecule has 0 saturated heterocycles. The fourth-order valence-electron chi connectivity index (χ4n) is 11.4. The molecule has 2 heterocycles. The number of benzene rings is 7. The standard InChI is InChI=1S/C55H34F6O6/c56-54(57,58)47-25-29(9-15-33(47)31-13-19-39-41(21-31)51(64)66-49(39)62)27-11-17-37-38-18-12-28(24-46(38)53(45(37)23-27)43-7-3-1-5-35(43)36-6-2-4-8-44(36)53)30-10-16-34(48(26-30)55(59,60)61)32-14-20-40-42(22-32)52(65)67-50(40)63/h1-9,11-15,17-25,30,50,52,63,65H,10,16,26H2. The summed E-state index contributed by atoms with van der Waals surface area (Å²) < 4.78 is 100. The monoisotopic (exact) mass is 904 g/mol. The quantitative estimate of drug-likeness (QED) is 0.104. The van der Waals surface area contributed by atoms with Crippen molar-refractivity contribution in [1.29, 1.82) is 0 Å². The van der Waals surface area contributed by atoms with Gasteiger partial charge in [0, 0.05) is 16.7 Å². The number of rotatable bonds is 4. The number of cyclic esters (lactones) is 2. The van der Waals surface area contributed by atoms with Crippen molar-refractivity contribution >= 4 is 17.5 Å². The Hall–Kier alpha value is -7.12. The fraction of sp³-hybridized carbons (Fsp3) is 0.164. The van der Waals surface area contributed by atoms with E-state index in [2.05, 4.69) is 4.74 Å². The van der Waals surface area contributed by atoms with Crippen molar-refractivity contribution in [1.82, 2.24) is 0 Å². The van der Waals surface area contributed by atoms with Gasteiger partial charge in [-0.15, -0.1) is 0 Å². The van der Waals surface area contributed by atoms with Gasteiger partial charge in [0.15, 0.2) is 12.6 Å². The number of alkyl halides is 6. The SMILES string of the molecule is O=C1OC(=O)c2cc(-c3ccc(-c4ccc5c(c4)C4(c6ccccc6-c6ccccc64)c4cc(C6CCC(c7ccc8c(c7)C(O)OC8O)=C(C(F)(F)F)C6)ccc4-5)cc3C(F)(F)F)ccc21. The Morgan fingerprint density at radius 2 is 1.07 bits per heavy atom. The van der Waals surface area contributed by atoms with Gasteiger partial charge in [-0.05, 0) is 139 Å². The number of hydrogen-bond donors (Lipinski definition) is 2. The van der Waals surface area contributed by atoms with Gasteiger partial charge in [-0.1, -0.05) is 109 Å². The highest BCUT2D eigenvalue weighted by molar-refractivity contribution is 6.15. The number of hydrogen-bond acceptors (Lipinski definition) is 6. The fourth-order valence-corrected chi connectivity index (χ4v) is 11.4. The molecule has 0 radical (unpaired) electrons. The van der Waals surface area contributed by atoms with Gasteiger partial charge in [0.05, 0.1) is 22.1 Å². The molecule has 0 aromatic heterocycles. The Balaban J connectivity index is 0.989. The molecule has 0 bridgehead atoms. The molecule has 0 saturated carbocycles. The van der Waals surface area contributed by atoms with Crippen molar-refractivity contribution in [2.24, 2.45) is 0 Å². The third kappa shape index (κ3) is 6.09. The summed E-state index contributed by atoms with van der Waals surface area (Å²) in [7, 11) is 0. The van der Waals surface area contributed by atoms with Crippen molar-refractivity contribution in [3.63, 3.8) is 0 Å². The molecule has 1 spiro atoms. The van der Waals surface area contributed by atoms with E-state index >= 15 is 26.3 Å². The highest BCUT2D eigenvalue weighted by Crippen LogP contribution is 2.64. The molecule has 3 atom stereocenters. The van der Waals surface area contributed by atoms with E-state index < -0.39 is 59.3 Å². The molecule has 7 aromatic carbocycles. The van der Waals surface area contributed by atoms with E-state index in [9.17, 15) is 19.8 Å². The minimum Gasteiger partial charge on any atom is -0.386 e. The smallest absolute Gasteiger partial charge is 0.386 e. The minimum absolute atomic E-state index is 0.0170. The average molecular weight is 905 g/mol. The summed E-state index contributed by atoms with van der Waals surface area (Å²) in [4.78, 5) is 24.4. The van der Waals surface area contributed by atoms with E-state index in [-0.39, 0.29) is 51.8 Å². The lowest BCUT2D eigenvalue weighted by Gasteiger charge is -2.33. The van der Waals surface area contributed by atoms with Gasteiger partial charge in [0.2, 0.25) is 0 Å². The molecular formula is C55H34F6O6. The lowest BCUT2D eigenvalue weighted by atomic mass is 9.69.